The molecule has 3 rings (SSSR count). The molecule has 0 saturated heterocycles. The van der Waals surface area contributed by atoms with Crippen LogP contribution in [0.1, 0.15) is 1.43 Å². The normalized spacial score (nSPS) is 10.9. The van der Waals surface area contributed by atoms with Gasteiger partial charge in [-0.3, -0.25) is 4.57 Å². The summed E-state index contributed by atoms with van der Waals surface area (Å²) in [5.41, 5.74) is 0.706. The number of hydrogen-bond acceptors (Lipinski definition) is 3. The second-order valence-corrected chi connectivity index (χ2v) is 4.54. The summed E-state index contributed by atoms with van der Waals surface area (Å²) in [4.78, 5) is 0. The summed E-state index contributed by atoms with van der Waals surface area (Å²) in [7, 11) is -0.0219. The Morgan fingerprint density at radius 1 is 0.941 bits per heavy atom. The standard InChI is InChI=1S/C12H8O2P.HOP.H2/c13-15-12-8-4-2-6-10(12)9-5-1-3-7-11(9)14-15;1-2;/h1-8H;2H;1H/q+1;;/i;;1+1. The van der Waals surface area contributed by atoms with Gasteiger partial charge in [0.25, 0.3) is 0 Å². The number of para-hydroxylation sites is 1. The van der Waals surface area contributed by atoms with Gasteiger partial charge in [-0.1, -0.05) is 30.3 Å². The molecule has 1 atom stereocenters. The van der Waals surface area contributed by atoms with Gasteiger partial charge in [0.05, 0.1) is 0 Å². The molecule has 0 bridgehead atoms. The van der Waals surface area contributed by atoms with Crippen molar-refractivity contribution in [2.75, 3.05) is 0 Å². The third kappa shape index (κ3) is 2.12. The highest BCUT2D eigenvalue weighted by atomic mass is 31.1. The topological polar surface area (TPSA) is 47.3 Å². The summed E-state index contributed by atoms with van der Waals surface area (Å²) in [5.74, 6) is 0. The average Bonchev–Trinajstić information content (AvgIpc) is 2.42. The first kappa shape index (κ1) is 11.9. The van der Waals surface area contributed by atoms with Crippen LogP contribution in [0.2, 0.25) is 0 Å². The van der Waals surface area contributed by atoms with Crippen molar-refractivity contribution in [1.29, 1.82) is 0 Å². The summed E-state index contributed by atoms with van der Waals surface area (Å²) in [6, 6.07) is 15.3. The summed E-state index contributed by atoms with van der Waals surface area (Å²) in [6.45, 7) is 0. The summed E-state index contributed by atoms with van der Waals surface area (Å²) in [6.07, 6.45) is 0. The molecule has 3 nitrogen and oxygen atoms in total. The molecule has 86 valence electrons. The van der Waals surface area contributed by atoms with Crippen LogP contribution in [0.3, 0.4) is 0 Å². The van der Waals surface area contributed by atoms with Gasteiger partial charge in [-0.2, -0.15) is 0 Å². The van der Waals surface area contributed by atoms with E-state index in [0.717, 1.165) is 15.9 Å². The van der Waals surface area contributed by atoms with Gasteiger partial charge in [-0.05, 0) is 22.8 Å². The van der Waals surface area contributed by atoms with Crippen molar-refractivity contribution < 1.29 is 14.8 Å². The van der Waals surface area contributed by atoms with E-state index in [4.69, 9.17) is 8.76 Å². The van der Waals surface area contributed by atoms with E-state index in [1.54, 1.807) is 9.12 Å². The van der Waals surface area contributed by atoms with Gasteiger partial charge < -0.3 is 0 Å². The maximum absolute atomic E-state index is 11.8. The summed E-state index contributed by atoms with van der Waals surface area (Å²) >= 11 is 0. The van der Waals surface area contributed by atoms with Crippen molar-refractivity contribution in [3.05, 3.63) is 48.5 Å². The van der Waals surface area contributed by atoms with E-state index in [9.17, 15) is 4.57 Å². The molecule has 0 aliphatic carbocycles. The Bertz CT molecular complexity index is 727. The molecule has 5 heteroatoms. The molecule has 2 aromatic carbocycles. The quantitative estimate of drug-likeness (QED) is 0.422. The van der Waals surface area contributed by atoms with Crippen LogP contribution in [0.4, 0.5) is 0 Å². The molecule has 0 aliphatic heterocycles. The number of rotatable bonds is 0. The lowest BCUT2D eigenvalue weighted by Gasteiger charge is -1.94. The summed E-state index contributed by atoms with van der Waals surface area (Å²) < 4.78 is 25.2. The zero-order valence-corrected chi connectivity index (χ0v) is 10.7. The van der Waals surface area contributed by atoms with E-state index in [-0.39, 0.29) is 1.43 Å². The van der Waals surface area contributed by atoms with Crippen LogP contribution >= 0.6 is 16.8 Å². The van der Waals surface area contributed by atoms with Gasteiger partial charge in [0.1, 0.15) is 9.12 Å². The lowest BCUT2D eigenvalue weighted by Crippen LogP contribution is -1.73. The first-order valence-corrected chi connectivity index (χ1v) is 6.49. The second-order valence-electron chi connectivity index (χ2n) is 3.36. The lowest BCUT2D eigenvalue weighted by molar-refractivity contribution is 0.563. The third-order valence-corrected chi connectivity index (χ3v) is 3.61. The Morgan fingerprint density at radius 3 is 2.29 bits per heavy atom. The van der Waals surface area contributed by atoms with Crippen LogP contribution in [0, 0.1) is 0 Å². The van der Waals surface area contributed by atoms with Crippen molar-refractivity contribution in [2.45, 2.75) is 0 Å². The van der Waals surface area contributed by atoms with Crippen molar-refractivity contribution in [3.63, 3.8) is 0 Å². The summed E-state index contributed by atoms with van der Waals surface area (Å²) in [5, 5.41) is 2.81. The van der Waals surface area contributed by atoms with Crippen molar-refractivity contribution >= 4 is 38.2 Å². The molecule has 1 aromatic heterocycles. The van der Waals surface area contributed by atoms with Crippen molar-refractivity contribution in [2.24, 2.45) is 0 Å². The Kier molecular flexibility index (Phi) is 3.63. The second kappa shape index (κ2) is 5.18. The van der Waals surface area contributed by atoms with Crippen LogP contribution in [-0.2, 0) is 9.13 Å². The van der Waals surface area contributed by atoms with Crippen LogP contribution < -0.4 is 0 Å². The SMILES string of the molecule is O=P.O=[p+]1oc2ccccc2c2ccccc21.[2HH]. The molecule has 1 unspecified atom stereocenters. The fourth-order valence-corrected chi connectivity index (χ4v) is 2.80. The van der Waals surface area contributed by atoms with Crippen molar-refractivity contribution in [3.8, 4) is 0 Å². The number of hydrogen-bond donors (Lipinski definition) is 0. The van der Waals surface area contributed by atoms with Gasteiger partial charge in [-0.15, -0.1) is 0 Å². The lowest BCUT2D eigenvalue weighted by atomic mass is 10.1. The molecular formula is C12H11O3P2+. The molecule has 0 N–H and O–H groups in total. The molecule has 0 aliphatic rings. The molecule has 17 heavy (non-hydrogen) atoms. The van der Waals surface area contributed by atoms with Crippen LogP contribution in [0.15, 0.2) is 52.7 Å². The zero-order chi connectivity index (χ0) is 12.3. The molecule has 0 radical (unpaired) electrons. The van der Waals surface area contributed by atoms with Gasteiger partial charge >= 0.3 is 7.65 Å². The highest BCUT2D eigenvalue weighted by Crippen LogP contribution is 2.34. The highest BCUT2D eigenvalue weighted by molar-refractivity contribution is 7.37. The molecular weight excluding hydrogens is 254 g/mol. The predicted octanol–water partition coefficient (Wildman–Crippen LogP) is 5.05. The van der Waals surface area contributed by atoms with E-state index < -0.39 is 7.65 Å². The maximum atomic E-state index is 11.8. The smallest absolute Gasteiger partial charge is 0.279 e. The first-order chi connectivity index (χ1) is 8.36. The van der Waals surface area contributed by atoms with E-state index in [2.05, 4.69) is 0 Å². The highest BCUT2D eigenvalue weighted by Gasteiger charge is 2.14. The van der Waals surface area contributed by atoms with Crippen LogP contribution in [0.5, 0.6) is 0 Å². The largest absolute Gasteiger partial charge is 0.597 e. The van der Waals surface area contributed by atoms with Crippen LogP contribution in [-0.4, -0.2) is 0 Å². The van der Waals surface area contributed by atoms with Crippen molar-refractivity contribution in [1.82, 2.24) is 0 Å². The maximum Gasteiger partial charge on any atom is 0.597 e. The van der Waals surface area contributed by atoms with Gasteiger partial charge in [0.15, 0.2) is 5.58 Å². The Labute approximate surface area is 102 Å². The van der Waals surface area contributed by atoms with E-state index in [1.165, 1.54) is 0 Å². The number of benzene rings is 2. The fraction of sp³-hybridized carbons (Fsp3) is 0. The third-order valence-electron chi connectivity index (χ3n) is 2.46. The molecule has 3 aromatic rings. The zero-order valence-electron chi connectivity index (χ0n) is 8.79. The fourth-order valence-electron chi connectivity index (χ4n) is 1.77. The van der Waals surface area contributed by atoms with E-state index in [1.807, 2.05) is 48.5 Å². The van der Waals surface area contributed by atoms with E-state index >= 15 is 0 Å². The van der Waals surface area contributed by atoms with Crippen LogP contribution in [0.25, 0.3) is 21.5 Å². The molecule has 0 saturated carbocycles. The predicted molar refractivity (Wildman–Crippen MR) is 72.4 cm³/mol. The Balaban J connectivity index is 0.000000516. The first-order valence-electron chi connectivity index (χ1n) is 4.90. The minimum Gasteiger partial charge on any atom is -0.279 e. The van der Waals surface area contributed by atoms with Gasteiger partial charge in [-0.25, -0.2) is 4.20 Å². The minimum absolute atomic E-state index is 0. The molecule has 0 fully saturated rings. The van der Waals surface area contributed by atoms with Gasteiger partial charge in [0, 0.05) is 12.2 Å². The molecule has 0 spiro atoms. The van der Waals surface area contributed by atoms with Gasteiger partial charge in [0.2, 0.25) is 5.12 Å². The monoisotopic (exact) mass is 266 g/mol. The molecule has 1 heterocycles. The minimum atomic E-state index is -1.74. The van der Waals surface area contributed by atoms with E-state index in [0.29, 0.717) is 5.58 Å². The Hall–Kier alpha value is -1.56. The number of fused-ring (bicyclic) bond motifs is 3. The Morgan fingerprint density at radius 2 is 1.53 bits per heavy atom. The average molecular weight is 266 g/mol. The molecule has 0 amide bonds.